The molecular formula is C14H12N2O3. The summed E-state index contributed by atoms with van der Waals surface area (Å²) in [6.45, 7) is 0. The van der Waals surface area contributed by atoms with E-state index in [-0.39, 0.29) is 5.48 Å². The van der Waals surface area contributed by atoms with Crippen molar-refractivity contribution in [3.05, 3.63) is 60.7 Å². The molecule has 2 N–H and O–H groups in total. The van der Waals surface area contributed by atoms with Gasteiger partial charge in [-0.2, -0.15) is 0 Å². The second kappa shape index (κ2) is 10.2. The molecule has 0 amide bonds. The van der Waals surface area contributed by atoms with Gasteiger partial charge in [-0.25, -0.2) is 0 Å². The van der Waals surface area contributed by atoms with Crippen LogP contribution in [0.25, 0.3) is 0 Å². The molecule has 0 fully saturated rings. The van der Waals surface area contributed by atoms with Gasteiger partial charge in [-0.3, -0.25) is 0 Å². The summed E-state index contributed by atoms with van der Waals surface area (Å²) < 4.78 is 9.02. The molecule has 0 heterocycles. The lowest BCUT2D eigenvalue weighted by atomic mass is 10.3. The molecule has 0 aliphatic heterocycles. The van der Waals surface area contributed by atoms with E-state index in [2.05, 4.69) is 9.47 Å². The van der Waals surface area contributed by atoms with Crippen molar-refractivity contribution in [1.29, 1.82) is 10.5 Å². The third kappa shape index (κ3) is 7.01. The van der Waals surface area contributed by atoms with E-state index in [1.54, 1.807) is 36.8 Å². The number of ether oxygens (including phenoxy) is 2. The van der Waals surface area contributed by atoms with E-state index in [9.17, 15) is 0 Å². The minimum absolute atomic E-state index is 0. The van der Waals surface area contributed by atoms with Gasteiger partial charge in [0.25, 0.3) is 12.5 Å². The molecule has 0 saturated heterocycles. The maximum atomic E-state index is 8.05. The molecule has 2 rings (SSSR count). The summed E-state index contributed by atoms with van der Waals surface area (Å²) in [6.07, 6.45) is 3.17. The van der Waals surface area contributed by atoms with Crippen LogP contribution in [0.1, 0.15) is 0 Å². The fourth-order valence-corrected chi connectivity index (χ4v) is 1.08. The predicted octanol–water partition coefficient (Wildman–Crippen LogP) is 2.27. The Balaban J connectivity index is 0.000000324. The van der Waals surface area contributed by atoms with E-state index in [1.165, 1.54) is 0 Å². The highest BCUT2D eigenvalue weighted by Crippen LogP contribution is 2.07. The van der Waals surface area contributed by atoms with Crippen LogP contribution >= 0.6 is 0 Å². The number of para-hydroxylation sites is 2. The molecule has 0 saturated carbocycles. The Bertz CT molecular complexity index is 479. The van der Waals surface area contributed by atoms with Crippen molar-refractivity contribution >= 4 is 0 Å². The zero-order chi connectivity index (χ0) is 13.1. The third-order valence-corrected chi connectivity index (χ3v) is 1.81. The SMILES string of the molecule is N#COc1ccccc1.N#COc1ccccc1.O. The van der Waals surface area contributed by atoms with Crippen LogP contribution in [0, 0.1) is 23.0 Å². The summed E-state index contributed by atoms with van der Waals surface area (Å²) in [5.74, 6) is 1.17. The van der Waals surface area contributed by atoms with Crippen molar-refractivity contribution in [2.75, 3.05) is 0 Å². The lowest BCUT2D eigenvalue weighted by Gasteiger charge is -1.89. The second-order valence-electron chi connectivity index (χ2n) is 3.01. The van der Waals surface area contributed by atoms with Gasteiger partial charge in [0, 0.05) is 0 Å². The van der Waals surface area contributed by atoms with Crippen LogP contribution in [-0.2, 0) is 0 Å². The monoisotopic (exact) mass is 256 g/mol. The molecule has 96 valence electrons. The minimum Gasteiger partial charge on any atom is -0.412 e. The van der Waals surface area contributed by atoms with Crippen molar-refractivity contribution in [2.45, 2.75) is 0 Å². The quantitative estimate of drug-likeness (QED) is 0.769. The van der Waals surface area contributed by atoms with Gasteiger partial charge < -0.3 is 14.9 Å². The Morgan fingerprint density at radius 2 is 0.947 bits per heavy atom. The molecule has 0 aliphatic carbocycles. The highest BCUT2D eigenvalue weighted by molar-refractivity contribution is 5.22. The Kier molecular flexibility index (Phi) is 8.54. The standard InChI is InChI=1S/2C7H5NO.H2O/c2*8-6-9-7-4-2-1-3-5-7;/h2*1-5H;1H2. The molecule has 0 radical (unpaired) electrons. The van der Waals surface area contributed by atoms with E-state index in [0.29, 0.717) is 11.5 Å². The first kappa shape index (κ1) is 16.0. The van der Waals surface area contributed by atoms with E-state index in [4.69, 9.17) is 10.5 Å². The largest absolute Gasteiger partial charge is 0.412 e. The summed E-state index contributed by atoms with van der Waals surface area (Å²) in [5, 5.41) is 16.1. The van der Waals surface area contributed by atoms with Gasteiger partial charge in [0.05, 0.1) is 0 Å². The van der Waals surface area contributed by atoms with Crippen LogP contribution in [0.15, 0.2) is 60.7 Å². The molecule has 0 atom stereocenters. The Morgan fingerprint density at radius 1 is 0.632 bits per heavy atom. The van der Waals surface area contributed by atoms with Gasteiger partial charge in [-0.15, -0.1) is 10.5 Å². The first-order valence-electron chi connectivity index (χ1n) is 5.09. The zero-order valence-corrected chi connectivity index (χ0v) is 9.98. The summed E-state index contributed by atoms with van der Waals surface area (Å²) in [6, 6.07) is 17.9. The highest BCUT2D eigenvalue weighted by atomic mass is 16.5. The van der Waals surface area contributed by atoms with Crippen LogP contribution in [0.2, 0.25) is 0 Å². The predicted molar refractivity (Wildman–Crippen MR) is 69.0 cm³/mol. The molecule has 0 unspecified atom stereocenters. The first-order chi connectivity index (χ1) is 8.86. The second-order valence-corrected chi connectivity index (χ2v) is 3.01. The molecule has 0 aromatic heterocycles. The lowest BCUT2D eigenvalue weighted by Crippen LogP contribution is -1.78. The van der Waals surface area contributed by atoms with Crippen molar-refractivity contribution < 1.29 is 14.9 Å². The van der Waals surface area contributed by atoms with Gasteiger partial charge in [-0.05, 0) is 24.3 Å². The fourth-order valence-electron chi connectivity index (χ4n) is 1.08. The molecule has 5 nitrogen and oxygen atoms in total. The Hall–Kier alpha value is -3.02. The maximum absolute atomic E-state index is 8.05. The Labute approximate surface area is 111 Å². The molecule has 2 aromatic carbocycles. The van der Waals surface area contributed by atoms with Crippen molar-refractivity contribution in [3.8, 4) is 24.0 Å². The minimum atomic E-state index is 0. The molecular weight excluding hydrogens is 244 g/mol. The van der Waals surface area contributed by atoms with E-state index >= 15 is 0 Å². The van der Waals surface area contributed by atoms with E-state index in [1.807, 2.05) is 36.4 Å². The fraction of sp³-hybridized carbons (Fsp3) is 0. The van der Waals surface area contributed by atoms with Gasteiger partial charge in [0.2, 0.25) is 0 Å². The number of hydrogen-bond donors (Lipinski definition) is 0. The number of nitriles is 2. The number of rotatable bonds is 2. The van der Waals surface area contributed by atoms with Crippen molar-refractivity contribution in [2.24, 2.45) is 0 Å². The lowest BCUT2D eigenvalue weighted by molar-refractivity contribution is 0.507. The van der Waals surface area contributed by atoms with Crippen LogP contribution in [0.4, 0.5) is 0 Å². The number of hydrogen-bond acceptors (Lipinski definition) is 4. The van der Waals surface area contributed by atoms with E-state index < -0.39 is 0 Å². The normalized spacial score (nSPS) is 7.47. The zero-order valence-electron chi connectivity index (χ0n) is 9.98. The van der Waals surface area contributed by atoms with Gasteiger partial charge in [0.1, 0.15) is 11.5 Å². The summed E-state index contributed by atoms with van der Waals surface area (Å²) >= 11 is 0. The summed E-state index contributed by atoms with van der Waals surface area (Å²) in [4.78, 5) is 0. The first-order valence-corrected chi connectivity index (χ1v) is 5.09. The van der Waals surface area contributed by atoms with E-state index in [0.717, 1.165) is 0 Å². The average molecular weight is 256 g/mol. The summed E-state index contributed by atoms with van der Waals surface area (Å²) in [7, 11) is 0. The van der Waals surface area contributed by atoms with Crippen molar-refractivity contribution in [1.82, 2.24) is 0 Å². The summed E-state index contributed by atoms with van der Waals surface area (Å²) in [5.41, 5.74) is 0. The highest BCUT2D eigenvalue weighted by Gasteiger charge is 1.85. The van der Waals surface area contributed by atoms with Crippen LogP contribution in [0.5, 0.6) is 11.5 Å². The van der Waals surface area contributed by atoms with Crippen molar-refractivity contribution in [3.63, 3.8) is 0 Å². The molecule has 5 heteroatoms. The van der Waals surface area contributed by atoms with Gasteiger partial charge in [0.15, 0.2) is 0 Å². The average Bonchev–Trinajstić information content (AvgIpc) is 2.43. The molecule has 0 spiro atoms. The van der Waals surface area contributed by atoms with Gasteiger partial charge in [-0.1, -0.05) is 36.4 Å². The smallest absolute Gasteiger partial charge is 0.292 e. The maximum Gasteiger partial charge on any atom is 0.292 e. The molecule has 0 aliphatic rings. The topological polar surface area (TPSA) is 97.5 Å². The molecule has 0 bridgehead atoms. The molecule has 2 aromatic rings. The Morgan fingerprint density at radius 3 is 1.21 bits per heavy atom. The van der Waals surface area contributed by atoms with Crippen LogP contribution in [-0.4, -0.2) is 5.48 Å². The number of nitrogens with zero attached hydrogens (tertiary/aromatic N) is 2. The molecule has 19 heavy (non-hydrogen) atoms. The van der Waals surface area contributed by atoms with Crippen LogP contribution in [0.3, 0.4) is 0 Å². The van der Waals surface area contributed by atoms with Crippen LogP contribution < -0.4 is 9.47 Å². The third-order valence-electron chi connectivity index (χ3n) is 1.81. The number of benzene rings is 2. The van der Waals surface area contributed by atoms with Gasteiger partial charge >= 0.3 is 0 Å².